The van der Waals surface area contributed by atoms with Crippen LogP contribution >= 0.6 is 0 Å². The molecule has 1 saturated carbocycles. The number of aliphatic hydroxyl groups excluding tert-OH is 1. The lowest BCUT2D eigenvalue weighted by Crippen LogP contribution is -2.48. The average Bonchev–Trinajstić information content (AvgIpc) is 3.09. The molecule has 2 aromatic heterocycles. The van der Waals surface area contributed by atoms with Gasteiger partial charge in [0.2, 0.25) is 5.91 Å². The van der Waals surface area contributed by atoms with Crippen LogP contribution in [0.4, 0.5) is 5.82 Å². The molecule has 1 amide bonds. The van der Waals surface area contributed by atoms with E-state index in [0.717, 1.165) is 61.4 Å². The number of amides is 1. The van der Waals surface area contributed by atoms with Crippen molar-refractivity contribution in [2.75, 3.05) is 25.0 Å². The van der Waals surface area contributed by atoms with Crippen molar-refractivity contribution in [3.05, 3.63) is 18.1 Å². The summed E-state index contributed by atoms with van der Waals surface area (Å²) in [5, 5.41) is 13.7. The molecular formula is C18H25N5O2. The molecule has 0 aromatic carbocycles. The Labute approximate surface area is 146 Å². The SMILES string of the molecule is Cc1nc(NC2CC[C@H]3CN(C(=O)CO)CC[C@H]3C2)c2cc[nH]c2n1. The van der Waals surface area contributed by atoms with Crippen molar-refractivity contribution in [3.63, 3.8) is 0 Å². The van der Waals surface area contributed by atoms with Crippen LogP contribution in [0.5, 0.6) is 0 Å². The van der Waals surface area contributed by atoms with Gasteiger partial charge in [0.05, 0.1) is 5.39 Å². The van der Waals surface area contributed by atoms with E-state index in [9.17, 15) is 4.79 Å². The summed E-state index contributed by atoms with van der Waals surface area (Å²) in [6.45, 7) is 3.10. The van der Waals surface area contributed by atoms with E-state index in [0.29, 0.717) is 17.9 Å². The van der Waals surface area contributed by atoms with Gasteiger partial charge in [0.1, 0.15) is 23.9 Å². The Bertz CT molecular complexity index is 774. The molecule has 1 unspecified atom stereocenters. The monoisotopic (exact) mass is 343 g/mol. The number of aliphatic hydroxyl groups is 1. The van der Waals surface area contributed by atoms with Crippen molar-refractivity contribution in [1.82, 2.24) is 19.9 Å². The van der Waals surface area contributed by atoms with Gasteiger partial charge in [0, 0.05) is 25.3 Å². The third-order valence-corrected chi connectivity index (χ3v) is 5.72. The number of piperidine rings is 1. The van der Waals surface area contributed by atoms with Gasteiger partial charge >= 0.3 is 0 Å². The lowest BCUT2D eigenvalue weighted by atomic mass is 9.73. The third kappa shape index (κ3) is 3.20. The number of hydrogen-bond acceptors (Lipinski definition) is 5. The van der Waals surface area contributed by atoms with Crippen LogP contribution < -0.4 is 5.32 Å². The Morgan fingerprint density at radius 1 is 1.36 bits per heavy atom. The van der Waals surface area contributed by atoms with Gasteiger partial charge in [0.25, 0.3) is 0 Å². The van der Waals surface area contributed by atoms with Crippen LogP contribution in [0.25, 0.3) is 11.0 Å². The molecule has 0 radical (unpaired) electrons. The molecular weight excluding hydrogens is 318 g/mol. The predicted octanol–water partition coefficient (Wildman–Crippen LogP) is 1.69. The number of hydrogen-bond donors (Lipinski definition) is 3. The summed E-state index contributed by atoms with van der Waals surface area (Å²) in [6.07, 6.45) is 6.22. The molecule has 2 aliphatic rings. The summed E-state index contributed by atoms with van der Waals surface area (Å²) in [4.78, 5) is 25.7. The van der Waals surface area contributed by atoms with Gasteiger partial charge in [-0.2, -0.15) is 0 Å². The molecule has 3 atom stereocenters. The number of nitrogens with one attached hydrogen (secondary N) is 2. The van der Waals surface area contributed by atoms with Crippen LogP contribution in [0.15, 0.2) is 12.3 Å². The fourth-order valence-corrected chi connectivity index (χ4v) is 4.43. The molecule has 0 bridgehead atoms. The number of nitrogens with zero attached hydrogens (tertiary/aromatic N) is 3. The number of aromatic amines is 1. The number of aromatic nitrogens is 3. The largest absolute Gasteiger partial charge is 0.387 e. The first kappa shape index (κ1) is 16.3. The molecule has 3 N–H and O–H groups in total. The van der Waals surface area contributed by atoms with Gasteiger partial charge in [-0.1, -0.05) is 0 Å². The Hall–Kier alpha value is -2.15. The minimum Gasteiger partial charge on any atom is -0.387 e. The first-order valence-electron chi connectivity index (χ1n) is 9.11. The van der Waals surface area contributed by atoms with E-state index >= 15 is 0 Å². The molecule has 0 spiro atoms. The minimum atomic E-state index is -0.374. The number of fused-ring (bicyclic) bond motifs is 2. The van der Waals surface area contributed by atoms with Crippen molar-refractivity contribution in [2.24, 2.45) is 11.8 Å². The van der Waals surface area contributed by atoms with Crippen LogP contribution in [0.1, 0.15) is 31.5 Å². The zero-order valence-electron chi connectivity index (χ0n) is 14.5. The van der Waals surface area contributed by atoms with Gasteiger partial charge in [-0.05, 0) is 50.5 Å². The summed E-state index contributed by atoms with van der Waals surface area (Å²) in [7, 11) is 0. The van der Waals surface area contributed by atoms with E-state index in [1.54, 1.807) is 0 Å². The summed E-state index contributed by atoms with van der Waals surface area (Å²) >= 11 is 0. The molecule has 7 heteroatoms. The highest BCUT2D eigenvalue weighted by Gasteiger charge is 2.36. The van der Waals surface area contributed by atoms with Gasteiger partial charge in [0.15, 0.2) is 0 Å². The van der Waals surface area contributed by atoms with E-state index in [2.05, 4.69) is 20.3 Å². The smallest absolute Gasteiger partial charge is 0.248 e. The maximum atomic E-state index is 11.7. The van der Waals surface area contributed by atoms with Crippen molar-refractivity contribution >= 4 is 22.8 Å². The molecule has 134 valence electrons. The van der Waals surface area contributed by atoms with Crippen molar-refractivity contribution in [1.29, 1.82) is 0 Å². The zero-order chi connectivity index (χ0) is 17.4. The molecule has 7 nitrogen and oxygen atoms in total. The first-order valence-corrected chi connectivity index (χ1v) is 9.11. The topological polar surface area (TPSA) is 94.1 Å². The number of carbonyl (C=O) groups is 1. The summed E-state index contributed by atoms with van der Waals surface area (Å²) in [6, 6.07) is 2.43. The highest BCUT2D eigenvalue weighted by molar-refractivity contribution is 5.87. The second-order valence-electron chi connectivity index (χ2n) is 7.32. The standard InChI is InChI=1S/C18H25N5O2/c1-11-20-17-15(4-6-19-17)18(21-11)22-14-3-2-13-9-23(16(25)10-24)7-5-12(13)8-14/h4,6,12-14,24H,2-3,5,7-10H2,1H3,(H2,19,20,21,22)/t12-,13-,14?/m0/s1. The molecule has 1 saturated heterocycles. The highest BCUT2D eigenvalue weighted by Crippen LogP contribution is 2.37. The van der Waals surface area contributed by atoms with Gasteiger partial charge in [-0.15, -0.1) is 0 Å². The number of likely N-dealkylation sites (tertiary alicyclic amines) is 1. The highest BCUT2D eigenvalue weighted by atomic mass is 16.3. The van der Waals surface area contributed by atoms with Crippen LogP contribution in [-0.4, -0.2) is 56.6 Å². The van der Waals surface area contributed by atoms with Gasteiger partial charge in [-0.3, -0.25) is 4.79 Å². The molecule has 2 fully saturated rings. The number of anilines is 1. The van der Waals surface area contributed by atoms with Crippen molar-refractivity contribution in [2.45, 2.75) is 38.6 Å². The summed E-state index contributed by atoms with van der Waals surface area (Å²) in [5.41, 5.74) is 0.875. The quantitative estimate of drug-likeness (QED) is 0.788. The average molecular weight is 343 g/mol. The second kappa shape index (κ2) is 6.63. The number of H-pyrrole nitrogens is 1. The Morgan fingerprint density at radius 2 is 2.24 bits per heavy atom. The first-order chi connectivity index (χ1) is 12.1. The summed E-state index contributed by atoms with van der Waals surface area (Å²) < 4.78 is 0. The normalized spacial score (nSPS) is 26.5. The number of carbonyl (C=O) groups excluding carboxylic acids is 1. The lowest BCUT2D eigenvalue weighted by molar-refractivity contribution is -0.137. The number of rotatable bonds is 3. The fourth-order valence-electron chi connectivity index (χ4n) is 4.43. The summed E-state index contributed by atoms with van der Waals surface area (Å²) in [5.74, 6) is 2.74. The molecule has 2 aromatic rings. The maximum Gasteiger partial charge on any atom is 0.248 e. The second-order valence-corrected chi connectivity index (χ2v) is 7.32. The van der Waals surface area contributed by atoms with Crippen LogP contribution in [-0.2, 0) is 4.79 Å². The molecule has 4 rings (SSSR count). The minimum absolute atomic E-state index is 0.134. The molecule has 25 heavy (non-hydrogen) atoms. The van der Waals surface area contributed by atoms with Crippen molar-refractivity contribution < 1.29 is 9.90 Å². The van der Waals surface area contributed by atoms with Crippen LogP contribution in [0, 0.1) is 18.8 Å². The molecule has 1 aliphatic heterocycles. The van der Waals surface area contributed by atoms with Crippen molar-refractivity contribution in [3.8, 4) is 0 Å². The van der Waals surface area contributed by atoms with E-state index in [1.807, 2.05) is 24.1 Å². The zero-order valence-corrected chi connectivity index (χ0v) is 14.5. The Balaban J connectivity index is 1.43. The predicted molar refractivity (Wildman–Crippen MR) is 95.2 cm³/mol. The van der Waals surface area contributed by atoms with E-state index in [1.165, 1.54) is 0 Å². The van der Waals surface area contributed by atoms with E-state index in [-0.39, 0.29) is 12.5 Å². The fraction of sp³-hybridized carbons (Fsp3) is 0.611. The van der Waals surface area contributed by atoms with Gasteiger partial charge < -0.3 is 20.3 Å². The Morgan fingerprint density at radius 3 is 3.08 bits per heavy atom. The van der Waals surface area contributed by atoms with E-state index < -0.39 is 0 Å². The number of aryl methyl sites for hydroxylation is 1. The third-order valence-electron chi connectivity index (χ3n) is 5.72. The molecule has 1 aliphatic carbocycles. The Kier molecular flexibility index (Phi) is 4.33. The van der Waals surface area contributed by atoms with Crippen LogP contribution in [0.2, 0.25) is 0 Å². The maximum absolute atomic E-state index is 11.7. The van der Waals surface area contributed by atoms with Gasteiger partial charge in [-0.25, -0.2) is 9.97 Å². The molecule has 3 heterocycles. The van der Waals surface area contributed by atoms with Crippen LogP contribution in [0.3, 0.4) is 0 Å². The lowest BCUT2D eigenvalue weighted by Gasteiger charge is -2.43. The van der Waals surface area contributed by atoms with E-state index in [4.69, 9.17) is 5.11 Å².